The van der Waals surface area contributed by atoms with E-state index in [0.717, 1.165) is 30.0 Å². The monoisotopic (exact) mass is 595 g/mol. The Morgan fingerprint density at radius 2 is 1.90 bits per heavy atom. The van der Waals surface area contributed by atoms with Gasteiger partial charge in [-0.05, 0) is 42.5 Å². The van der Waals surface area contributed by atoms with Crippen molar-refractivity contribution in [2.75, 3.05) is 25.3 Å². The average Bonchev–Trinajstić information content (AvgIpc) is 3.61. The fourth-order valence-electron chi connectivity index (χ4n) is 3.49. The molecule has 0 aliphatic rings. The number of nitrogens with zero attached hydrogens (tertiary/aromatic N) is 3. The first-order chi connectivity index (χ1) is 19.1. The number of alkyl halides is 3. The summed E-state index contributed by atoms with van der Waals surface area (Å²) in [4.78, 5) is 25.1. The lowest BCUT2D eigenvalue weighted by atomic mass is 10.2. The molecule has 0 bridgehead atoms. The first-order valence-electron chi connectivity index (χ1n) is 11.4. The summed E-state index contributed by atoms with van der Waals surface area (Å²) in [6.45, 7) is -0.0699. The summed E-state index contributed by atoms with van der Waals surface area (Å²) >= 11 is 6.95. The summed E-state index contributed by atoms with van der Waals surface area (Å²) in [6.07, 6.45) is -3.24. The van der Waals surface area contributed by atoms with Crippen LogP contribution in [0.4, 0.5) is 18.9 Å². The third-order valence-electron chi connectivity index (χ3n) is 5.38. The number of ether oxygens (including phenoxy) is 2. The molecule has 210 valence electrons. The van der Waals surface area contributed by atoms with Crippen molar-refractivity contribution in [3.05, 3.63) is 77.0 Å². The number of nitrogens with one attached hydrogen (secondary N) is 2. The topological polar surface area (TPSA) is 121 Å². The SMILES string of the molecule is COc1ccc(OC)c(-n2c(CNC(=O)c3ccco3)nnc2SCC(=O)Nc2cc(C(F)(F)F)ccc2Cl)c1. The third-order valence-corrected chi connectivity index (χ3v) is 6.64. The lowest BCUT2D eigenvalue weighted by Gasteiger charge is -2.15. The van der Waals surface area contributed by atoms with E-state index < -0.39 is 23.6 Å². The van der Waals surface area contributed by atoms with Crippen molar-refractivity contribution >= 4 is 40.9 Å². The molecule has 10 nitrogen and oxygen atoms in total. The van der Waals surface area contributed by atoms with Crippen LogP contribution in [0.3, 0.4) is 0 Å². The predicted octanol–water partition coefficient (Wildman–Crippen LogP) is 5.21. The van der Waals surface area contributed by atoms with Crippen molar-refractivity contribution in [3.63, 3.8) is 0 Å². The molecular weight excluding hydrogens is 575 g/mol. The van der Waals surface area contributed by atoms with E-state index in [2.05, 4.69) is 20.8 Å². The second-order valence-corrected chi connectivity index (χ2v) is 9.31. The van der Waals surface area contributed by atoms with Gasteiger partial charge in [0.2, 0.25) is 5.91 Å². The second kappa shape index (κ2) is 12.3. The molecule has 15 heteroatoms. The Hall–Kier alpha value is -4.17. The van der Waals surface area contributed by atoms with E-state index in [1.165, 1.54) is 26.5 Å². The lowest BCUT2D eigenvalue weighted by Crippen LogP contribution is -2.24. The maximum Gasteiger partial charge on any atom is 0.416 e. The van der Waals surface area contributed by atoms with Crippen molar-refractivity contribution in [2.45, 2.75) is 17.9 Å². The van der Waals surface area contributed by atoms with Gasteiger partial charge >= 0.3 is 6.18 Å². The molecule has 0 aliphatic carbocycles. The zero-order valence-electron chi connectivity index (χ0n) is 20.9. The Balaban J connectivity index is 1.59. The van der Waals surface area contributed by atoms with Crippen molar-refractivity contribution in [1.82, 2.24) is 20.1 Å². The van der Waals surface area contributed by atoms with Crippen LogP contribution in [-0.2, 0) is 17.5 Å². The highest BCUT2D eigenvalue weighted by Gasteiger charge is 2.31. The summed E-state index contributed by atoms with van der Waals surface area (Å²) in [5.41, 5.74) is -0.678. The maximum absolute atomic E-state index is 13.1. The molecule has 0 radical (unpaired) electrons. The number of hydrogen-bond acceptors (Lipinski definition) is 8. The fraction of sp³-hybridized carbons (Fsp3) is 0.200. The summed E-state index contributed by atoms with van der Waals surface area (Å²) in [7, 11) is 2.95. The van der Waals surface area contributed by atoms with Gasteiger partial charge in [-0.2, -0.15) is 13.2 Å². The van der Waals surface area contributed by atoms with Crippen LogP contribution >= 0.6 is 23.4 Å². The Bertz CT molecular complexity index is 1510. The zero-order chi connectivity index (χ0) is 28.9. The van der Waals surface area contributed by atoms with Gasteiger partial charge in [-0.15, -0.1) is 10.2 Å². The van der Waals surface area contributed by atoms with Crippen LogP contribution in [0.15, 0.2) is 64.4 Å². The van der Waals surface area contributed by atoms with E-state index in [0.29, 0.717) is 17.2 Å². The fourth-order valence-corrected chi connectivity index (χ4v) is 4.42. The number of carbonyl (C=O) groups is 2. The maximum atomic E-state index is 13.1. The van der Waals surface area contributed by atoms with E-state index in [1.54, 1.807) is 28.8 Å². The number of furan rings is 1. The zero-order valence-corrected chi connectivity index (χ0v) is 22.5. The number of anilines is 1. The molecule has 0 unspecified atom stereocenters. The van der Waals surface area contributed by atoms with Crippen LogP contribution in [0.5, 0.6) is 11.5 Å². The van der Waals surface area contributed by atoms with Crippen molar-refractivity contribution < 1.29 is 36.7 Å². The van der Waals surface area contributed by atoms with Crippen molar-refractivity contribution in [1.29, 1.82) is 0 Å². The minimum absolute atomic E-state index is 0.0507. The highest BCUT2D eigenvalue weighted by Crippen LogP contribution is 2.35. The lowest BCUT2D eigenvalue weighted by molar-refractivity contribution is -0.137. The Labute approximate surface area is 234 Å². The summed E-state index contributed by atoms with van der Waals surface area (Å²) in [6, 6.07) is 10.7. The summed E-state index contributed by atoms with van der Waals surface area (Å²) in [5.74, 6) is -0.0748. The standard InChI is InChI=1S/C25H21ClF3N5O5S/c1-37-15-6-8-19(38-2)18(11-15)34-21(12-30-23(36)20-4-3-9-39-20)32-33-24(34)40-13-22(35)31-17-10-14(25(27,28)29)5-7-16(17)26/h3-11H,12-13H2,1-2H3,(H,30,36)(H,31,35). The van der Waals surface area contributed by atoms with Gasteiger partial charge in [0.25, 0.3) is 5.91 Å². The number of benzene rings is 2. The number of carbonyl (C=O) groups excluding carboxylic acids is 2. The molecule has 4 aromatic rings. The second-order valence-electron chi connectivity index (χ2n) is 7.96. The molecule has 40 heavy (non-hydrogen) atoms. The van der Waals surface area contributed by atoms with Crippen LogP contribution in [-0.4, -0.2) is 46.6 Å². The van der Waals surface area contributed by atoms with Gasteiger partial charge in [-0.25, -0.2) is 0 Å². The molecule has 4 rings (SSSR count). The van der Waals surface area contributed by atoms with E-state index >= 15 is 0 Å². The Morgan fingerprint density at radius 3 is 2.58 bits per heavy atom. The van der Waals surface area contributed by atoms with Crippen LogP contribution in [0.1, 0.15) is 21.9 Å². The molecule has 0 aliphatic heterocycles. The van der Waals surface area contributed by atoms with E-state index in [9.17, 15) is 22.8 Å². The Kier molecular flexibility index (Phi) is 8.90. The first kappa shape index (κ1) is 28.8. The minimum Gasteiger partial charge on any atom is -0.497 e. The summed E-state index contributed by atoms with van der Waals surface area (Å²) in [5, 5.41) is 13.6. The number of methoxy groups -OCH3 is 2. The average molecular weight is 596 g/mol. The van der Waals surface area contributed by atoms with Gasteiger partial charge in [0.15, 0.2) is 16.7 Å². The smallest absolute Gasteiger partial charge is 0.416 e. The molecule has 2 aromatic carbocycles. The molecule has 2 N–H and O–H groups in total. The van der Waals surface area contributed by atoms with E-state index in [4.69, 9.17) is 25.5 Å². The van der Waals surface area contributed by atoms with Gasteiger partial charge in [0.1, 0.15) is 11.5 Å². The van der Waals surface area contributed by atoms with Crippen LogP contribution < -0.4 is 20.1 Å². The Morgan fingerprint density at radius 1 is 1.10 bits per heavy atom. The molecular formula is C25H21ClF3N5O5S. The van der Waals surface area contributed by atoms with E-state index in [1.807, 2.05) is 0 Å². The number of thioether (sulfide) groups is 1. The van der Waals surface area contributed by atoms with Gasteiger partial charge < -0.3 is 24.5 Å². The van der Waals surface area contributed by atoms with Gasteiger partial charge in [0, 0.05) is 6.07 Å². The number of amides is 2. The van der Waals surface area contributed by atoms with Crippen molar-refractivity contribution in [2.24, 2.45) is 0 Å². The molecule has 0 fully saturated rings. The van der Waals surface area contributed by atoms with Crippen LogP contribution in [0.25, 0.3) is 5.69 Å². The summed E-state index contributed by atoms with van der Waals surface area (Å²) < 4.78 is 56.8. The van der Waals surface area contributed by atoms with Gasteiger partial charge in [0.05, 0.1) is 54.7 Å². The number of rotatable bonds is 10. The quantitative estimate of drug-likeness (QED) is 0.240. The third kappa shape index (κ3) is 6.69. The molecule has 0 saturated carbocycles. The normalized spacial score (nSPS) is 11.2. The number of halogens is 4. The largest absolute Gasteiger partial charge is 0.497 e. The van der Waals surface area contributed by atoms with E-state index in [-0.39, 0.29) is 39.7 Å². The predicted molar refractivity (Wildman–Crippen MR) is 140 cm³/mol. The highest BCUT2D eigenvalue weighted by molar-refractivity contribution is 7.99. The van der Waals surface area contributed by atoms with Gasteiger partial charge in [-0.1, -0.05) is 23.4 Å². The van der Waals surface area contributed by atoms with Gasteiger partial charge in [-0.3, -0.25) is 14.2 Å². The number of hydrogen-bond donors (Lipinski definition) is 2. The van der Waals surface area contributed by atoms with Crippen molar-refractivity contribution in [3.8, 4) is 17.2 Å². The molecule has 0 saturated heterocycles. The molecule has 2 aromatic heterocycles. The molecule has 0 spiro atoms. The van der Waals surface area contributed by atoms with Crippen LogP contribution in [0.2, 0.25) is 5.02 Å². The highest BCUT2D eigenvalue weighted by atomic mass is 35.5. The molecule has 0 atom stereocenters. The van der Waals surface area contributed by atoms with Crippen LogP contribution in [0, 0.1) is 0 Å². The minimum atomic E-state index is -4.60. The molecule has 2 heterocycles. The first-order valence-corrected chi connectivity index (χ1v) is 12.7. The number of aromatic nitrogens is 3. The molecule has 2 amide bonds.